The Morgan fingerprint density at radius 3 is 2.09 bits per heavy atom. The number of fused-ring (bicyclic) bond motifs is 3. The molecule has 226 valence electrons. The summed E-state index contributed by atoms with van der Waals surface area (Å²) >= 11 is 0. The second kappa shape index (κ2) is 10.4. The Kier molecular flexibility index (Phi) is 6.99. The van der Waals surface area contributed by atoms with Crippen LogP contribution in [0.2, 0.25) is 0 Å². The Balaban J connectivity index is 1.45. The first-order valence-corrected chi connectivity index (χ1v) is 15.5. The van der Waals surface area contributed by atoms with Gasteiger partial charge in [-0.05, 0) is 72.5 Å². The molecule has 0 saturated carbocycles. The highest BCUT2D eigenvalue weighted by molar-refractivity contribution is 6.09. The Hall–Kier alpha value is -4.38. The van der Waals surface area contributed by atoms with Gasteiger partial charge in [-0.15, -0.1) is 0 Å². The predicted octanol–water partition coefficient (Wildman–Crippen LogP) is 10.4. The molecule has 0 atom stereocenters. The summed E-state index contributed by atoms with van der Waals surface area (Å²) in [6.07, 6.45) is 1.92. The van der Waals surface area contributed by atoms with E-state index in [-0.39, 0.29) is 16.2 Å². The number of pyridine rings is 1. The van der Waals surface area contributed by atoms with Crippen LogP contribution in [0.3, 0.4) is 0 Å². The van der Waals surface area contributed by atoms with Crippen molar-refractivity contribution in [3.8, 4) is 23.0 Å². The average molecular weight is 585 g/mol. The largest absolute Gasteiger partial charge is 0.457 e. The van der Waals surface area contributed by atoms with Crippen LogP contribution in [0, 0.1) is 6.92 Å². The van der Waals surface area contributed by atoms with Crippen LogP contribution in [0.1, 0.15) is 84.8 Å². The van der Waals surface area contributed by atoms with Crippen molar-refractivity contribution in [1.29, 1.82) is 0 Å². The minimum absolute atomic E-state index is 0.0153. The van der Waals surface area contributed by atoms with Crippen LogP contribution in [0.15, 0.2) is 85.1 Å². The number of aromatic nitrogens is 4. The topological polar surface area (TPSA) is 44.9 Å². The van der Waals surface area contributed by atoms with E-state index in [0.717, 1.165) is 39.7 Å². The standard InChI is InChI=1S/C39H44N4O/c1-25-14-17-32-31(20-25)30-16-15-29(23-33(30)42(32)36-21-26(18-19-40-36)37(2,3)4)44-28-13-11-12-27(22-28)43-35(39(8,9)10)24-34(41-43)38(5,6)7/h11-24H,1-10H3. The van der Waals surface area contributed by atoms with E-state index >= 15 is 0 Å². The second-order valence-corrected chi connectivity index (χ2v) is 15.1. The average Bonchev–Trinajstić information content (AvgIpc) is 3.53. The summed E-state index contributed by atoms with van der Waals surface area (Å²) in [5.74, 6) is 2.44. The maximum Gasteiger partial charge on any atom is 0.137 e. The smallest absolute Gasteiger partial charge is 0.137 e. The van der Waals surface area contributed by atoms with E-state index in [1.807, 2.05) is 18.3 Å². The molecule has 0 bridgehead atoms. The maximum atomic E-state index is 6.56. The van der Waals surface area contributed by atoms with E-state index in [1.54, 1.807) is 0 Å². The SMILES string of the molecule is Cc1ccc2c(c1)c1ccc(Oc3cccc(-n4nc(C(C)(C)C)cc4C(C)(C)C)c3)cc1n2-c1cc(C(C)(C)C)ccn1. The van der Waals surface area contributed by atoms with Gasteiger partial charge in [0.2, 0.25) is 0 Å². The molecule has 0 unspecified atom stereocenters. The van der Waals surface area contributed by atoms with Gasteiger partial charge in [0.1, 0.15) is 17.3 Å². The van der Waals surface area contributed by atoms with Crippen molar-refractivity contribution in [2.45, 2.75) is 85.5 Å². The van der Waals surface area contributed by atoms with E-state index in [0.29, 0.717) is 0 Å². The van der Waals surface area contributed by atoms with Crippen molar-refractivity contribution in [2.75, 3.05) is 0 Å². The van der Waals surface area contributed by atoms with Gasteiger partial charge < -0.3 is 4.74 Å². The van der Waals surface area contributed by atoms with Gasteiger partial charge in [-0.1, -0.05) is 80.0 Å². The van der Waals surface area contributed by atoms with Gasteiger partial charge >= 0.3 is 0 Å². The lowest BCUT2D eigenvalue weighted by Crippen LogP contribution is -2.17. The van der Waals surface area contributed by atoms with Crippen molar-refractivity contribution < 1.29 is 4.74 Å². The highest BCUT2D eigenvalue weighted by Crippen LogP contribution is 2.37. The van der Waals surface area contributed by atoms with Crippen LogP contribution in [0.5, 0.6) is 11.5 Å². The Labute approximate surface area is 261 Å². The van der Waals surface area contributed by atoms with Crippen molar-refractivity contribution in [3.63, 3.8) is 0 Å². The van der Waals surface area contributed by atoms with Gasteiger partial charge in [0.25, 0.3) is 0 Å². The number of benzene rings is 3. The molecule has 0 fully saturated rings. The molecule has 0 aliphatic carbocycles. The minimum Gasteiger partial charge on any atom is -0.457 e. The quantitative estimate of drug-likeness (QED) is 0.207. The summed E-state index contributed by atoms with van der Waals surface area (Å²) in [6.45, 7) is 22.2. The van der Waals surface area contributed by atoms with Gasteiger partial charge in [0, 0.05) is 45.6 Å². The van der Waals surface area contributed by atoms with Gasteiger partial charge in [-0.3, -0.25) is 4.57 Å². The van der Waals surface area contributed by atoms with E-state index in [9.17, 15) is 0 Å². The molecular weight excluding hydrogens is 540 g/mol. The fourth-order valence-corrected chi connectivity index (χ4v) is 5.73. The number of aryl methyl sites for hydroxylation is 1. The lowest BCUT2D eigenvalue weighted by molar-refractivity contribution is 0.482. The number of nitrogens with zero attached hydrogens (tertiary/aromatic N) is 4. The summed E-state index contributed by atoms with van der Waals surface area (Å²) in [6, 6.07) is 27.8. The lowest BCUT2D eigenvalue weighted by atomic mass is 9.88. The third-order valence-electron chi connectivity index (χ3n) is 8.28. The molecule has 5 heteroatoms. The van der Waals surface area contributed by atoms with E-state index in [2.05, 4.69) is 145 Å². The summed E-state index contributed by atoms with van der Waals surface area (Å²) in [5, 5.41) is 7.44. The van der Waals surface area contributed by atoms with Crippen molar-refractivity contribution in [2.24, 2.45) is 0 Å². The van der Waals surface area contributed by atoms with E-state index < -0.39 is 0 Å². The van der Waals surface area contributed by atoms with Crippen LogP contribution in [0.4, 0.5) is 0 Å². The zero-order valence-corrected chi connectivity index (χ0v) is 27.8. The van der Waals surface area contributed by atoms with Gasteiger partial charge in [-0.2, -0.15) is 5.10 Å². The van der Waals surface area contributed by atoms with Crippen LogP contribution < -0.4 is 4.74 Å². The van der Waals surface area contributed by atoms with Crippen LogP contribution in [0.25, 0.3) is 33.3 Å². The highest BCUT2D eigenvalue weighted by Gasteiger charge is 2.26. The molecule has 0 spiro atoms. The van der Waals surface area contributed by atoms with Gasteiger partial charge in [0.15, 0.2) is 0 Å². The maximum absolute atomic E-state index is 6.56. The molecule has 0 aliphatic heterocycles. The molecule has 5 nitrogen and oxygen atoms in total. The molecule has 6 aromatic rings. The lowest BCUT2D eigenvalue weighted by Gasteiger charge is -2.20. The molecule has 3 aromatic carbocycles. The Morgan fingerprint density at radius 2 is 1.39 bits per heavy atom. The van der Waals surface area contributed by atoms with E-state index in [4.69, 9.17) is 14.8 Å². The minimum atomic E-state index is -0.0670. The Bertz CT molecular complexity index is 2010. The van der Waals surface area contributed by atoms with E-state index in [1.165, 1.54) is 27.6 Å². The Morgan fingerprint density at radius 1 is 0.636 bits per heavy atom. The number of hydrogen-bond donors (Lipinski definition) is 0. The van der Waals surface area contributed by atoms with Gasteiger partial charge in [-0.25, -0.2) is 9.67 Å². The van der Waals surface area contributed by atoms with Crippen LogP contribution in [-0.4, -0.2) is 19.3 Å². The summed E-state index contributed by atoms with van der Waals surface area (Å²) in [5.41, 5.74) is 7.80. The fourth-order valence-electron chi connectivity index (χ4n) is 5.73. The molecule has 0 radical (unpaired) electrons. The number of hydrogen-bond acceptors (Lipinski definition) is 3. The zero-order chi connectivity index (χ0) is 31.6. The van der Waals surface area contributed by atoms with Crippen LogP contribution >= 0.6 is 0 Å². The number of rotatable bonds is 4. The van der Waals surface area contributed by atoms with Crippen molar-refractivity contribution >= 4 is 21.8 Å². The molecule has 3 aromatic heterocycles. The molecule has 6 rings (SSSR count). The normalized spacial score (nSPS) is 12.8. The fraction of sp³-hybridized carbons (Fsp3) is 0.333. The first-order chi connectivity index (χ1) is 20.6. The number of ether oxygens (including phenoxy) is 1. The third kappa shape index (κ3) is 5.52. The first kappa shape index (κ1) is 29.7. The molecule has 44 heavy (non-hydrogen) atoms. The van der Waals surface area contributed by atoms with Crippen molar-refractivity contribution in [3.05, 3.63) is 108 Å². The molecule has 0 aliphatic rings. The molecule has 0 amide bonds. The molecule has 3 heterocycles. The van der Waals surface area contributed by atoms with Crippen LogP contribution in [-0.2, 0) is 16.2 Å². The summed E-state index contributed by atoms with van der Waals surface area (Å²) in [7, 11) is 0. The zero-order valence-electron chi connectivity index (χ0n) is 27.8. The molecule has 0 saturated heterocycles. The molecular formula is C39H44N4O. The molecule has 0 N–H and O–H groups in total. The monoisotopic (exact) mass is 584 g/mol. The second-order valence-electron chi connectivity index (χ2n) is 15.1. The van der Waals surface area contributed by atoms with Crippen molar-refractivity contribution in [1.82, 2.24) is 19.3 Å². The summed E-state index contributed by atoms with van der Waals surface area (Å²) < 4.78 is 10.9. The predicted molar refractivity (Wildman–Crippen MR) is 183 cm³/mol. The third-order valence-corrected chi connectivity index (χ3v) is 8.28. The summed E-state index contributed by atoms with van der Waals surface area (Å²) in [4.78, 5) is 4.84. The van der Waals surface area contributed by atoms with Gasteiger partial charge in [0.05, 0.1) is 22.4 Å². The first-order valence-electron chi connectivity index (χ1n) is 15.5. The highest BCUT2D eigenvalue weighted by atomic mass is 16.5.